The third-order valence-corrected chi connectivity index (χ3v) is 6.44. The minimum absolute atomic E-state index is 0.0536. The van der Waals surface area contributed by atoms with Crippen LogP contribution >= 0.6 is 0 Å². The van der Waals surface area contributed by atoms with E-state index in [1.807, 2.05) is 13.0 Å². The van der Waals surface area contributed by atoms with E-state index >= 15 is 0 Å². The quantitative estimate of drug-likeness (QED) is 0.147. The third kappa shape index (κ3) is 11.1. The molecule has 0 spiro atoms. The molecule has 0 saturated heterocycles. The molecule has 0 fully saturated rings. The number of halogens is 3. The summed E-state index contributed by atoms with van der Waals surface area (Å²) in [6, 6.07) is 0. The van der Waals surface area contributed by atoms with Crippen molar-refractivity contribution in [2.24, 2.45) is 17.8 Å². The minimum atomic E-state index is -1.14. The molecular formula is C33H43F3. The molecule has 0 bridgehead atoms. The summed E-state index contributed by atoms with van der Waals surface area (Å²) < 4.78 is 42.6. The van der Waals surface area contributed by atoms with Gasteiger partial charge in [0.15, 0.2) is 11.7 Å². The lowest BCUT2D eigenvalue weighted by Gasteiger charge is -2.20. The van der Waals surface area contributed by atoms with Crippen molar-refractivity contribution in [1.82, 2.24) is 0 Å². The molecule has 0 nitrogen and oxygen atoms in total. The summed E-state index contributed by atoms with van der Waals surface area (Å²) in [5.41, 5.74) is 1.59. The zero-order chi connectivity index (χ0) is 28.2. The maximum Gasteiger partial charge on any atom is 0.166 e. The third-order valence-electron chi connectivity index (χ3n) is 6.44. The first-order valence-corrected chi connectivity index (χ1v) is 12.2. The van der Waals surface area contributed by atoms with Crippen LogP contribution < -0.4 is 0 Å². The van der Waals surface area contributed by atoms with Gasteiger partial charge in [-0.1, -0.05) is 84.5 Å². The lowest BCUT2D eigenvalue weighted by molar-refractivity contribution is 0.346. The molecule has 196 valence electrons. The van der Waals surface area contributed by atoms with Crippen molar-refractivity contribution in [3.8, 4) is 0 Å². The van der Waals surface area contributed by atoms with E-state index in [9.17, 15) is 13.2 Å². The van der Waals surface area contributed by atoms with Gasteiger partial charge in [0.1, 0.15) is 5.83 Å². The highest BCUT2D eigenvalue weighted by molar-refractivity contribution is 5.54. The van der Waals surface area contributed by atoms with Crippen molar-refractivity contribution >= 4 is 0 Å². The second kappa shape index (κ2) is 15.8. The monoisotopic (exact) mass is 496 g/mol. The molecule has 36 heavy (non-hydrogen) atoms. The molecule has 0 N–H and O–H groups in total. The average molecular weight is 497 g/mol. The molecule has 0 heterocycles. The first-order chi connectivity index (χ1) is 16.6. The van der Waals surface area contributed by atoms with E-state index in [0.29, 0.717) is 23.3 Å². The maximum atomic E-state index is 14.8. The van der Waals surface area contributed by atoms with Crippen LogP contribution in [0.15, 0.2) is 133 Å². The molecule has 0 rings (SSSR count). The molecule has 3 atom stereocenters. The molecular weight excluding hydrogens is 453 g/mol. The molecule has 0 aromatic rings. The van der Waals surface area contributed by atoms with Crippen molar-refractivity contribution in [3.05, 3.63) is 133 Å². The second-order valence-electron chi connectivity index (χ2n) is 9.63. The van der Waals surface area contributed by atoms with Crippen LogP contribution in [0.3, 0.4) is 0 Å². The fourth-order valence-corrected chi connectivity index (χ4v) is 3.02. The molecule has 0 aromatic heterocycles. The minimum Gasteiger partial charge on any atom is -0.206 e. The van der Waals surface area contributed by atoms with E-state index in [0.717, 1.165) is 24.8 Å². The van der Waals surface area contributed by atoms with Gasteiger partial charge in [0.05, 0.1) is 0 Å². The normalized spacial score (nSPS) is 15.6. The summed E-state index contributed by atoms with van der Waals surface area (Å²) in [5, 5.41) is 0. The van der Waals surface area contributed by atoms with Crippen molar-refractivity contribution in [3.63, 3.8) is 0 Å². The molecule has 0 amide bonds. The van der Waals surface area contributed by atoms with Gasteiger partial charge in [-0.2, -0.15) is 0 Å². The molecule has 0 aliphatic carbocycles. The largest absolute Gasteiger partial charge is 0.206 e. The van der Waals surface area contributed by atoms with Gasteiger partial charge in [-0.05, 0) is 84.8 Å². The van der Waals surface area contributed by atoms with E-state index in [1.54, 1.807) is 0 Å². The van der Waals surface area contributed by atoms with E-state index in [1.165, 1.54) is 25.2 Å². The summed E-state index contributed by atoms with van der Waals surface area (Å²) in [7, 11) is 0. The summed E-state index contributed by atoms with van der Waals surface area (Å²) in [5.74, 6) is -1.22. The number of allylic oxidation sites excluding steroid dienone is 15. The number of rotatable bonds is 16. The lowest BCUT2D eigenvalue weighted by atomic mass is 9.86. The Morgan fingerprint density at radius 1 is 0.722 bits per heavy atom. The Kier molecular flexibility index (Phi) is 14.5. The van der Waals surface area contributed by atoms with Gasteiger partial charge >= 0.3 is 0 Å². The van der Waals surface area contributed by atoms with Crippen LogP contribution in [0.5, 0.6) is 0 Å². The zero-order valence-electron chi connectivity index (χ0n) is 22.8. The van der Waals surface area contributed by atoms with Gasteiger partial charge in [0.25, 0.3) is 0 Å². The highest BCUT2D eigenvalue weighted by Crippen LogP contribution is 2.28. The second-order valence-corrected chi connectivity index (χ2v) is 9.63. The zero-order valence-corrected chi connectivity index (χ0v) is 22.8. The molecule has 3 heteroatoms. The Labute approximate surface area is 217 Å². The topological polar surface area (TPSA) is 0 Å². The van der Waals surface area contributed by atoms with Crippen LogP contribution in [-0.2, 0) is 0 Å². The van der Waals surface area contributed by atoms with E-state index in [-0.39, 0.29) is 27.9 Å². The molecule has 0 radical (unpaired) electrons. The van der Waals surface area contributed by atoms with Crippen LogP contribution in [0, 0.1) is 17.8 Å². The smallest absolute Gasteiger partial charge is 0.166 e. The average Bonchev–Trinajstić information content (AvgIpc) is 2.85. The summed E-state index contributed by atoms with van der Waals surface area (Å²) in [6.07, 6.45) is 11.3. The molecule has 0 aliphatic heterocycles. The van der Waals surface area contributed by atoms with Gasteiger partial charge < -0.3 is 0 Å². The van der Waals surface area contributed by atoms with E-state index in [4.69, 9.17) is 0 Å². The summed E-state index contributed by atoms with van der Waals surface area (Å²) >= 11 is 0. The molecule has 0 aliphatic rings. The fraction of sp³-hybridized carbons (Fsp3) is 0.333. The highest BCUT2D eigenvalue weighted by Gasteiger charge is 2.14. The molecule has 0 saturated carbocycles. The van der Waals surface area contributed by atoms with Crippen molar-refractivity contribution in [2.45, 2.75) is 53.9 Å². The van der Waals surface area contributed by atoms with Gasteiger partial charge in [0, 0.05) is 11.1 Å². The van der Waals surface area contributed by atoms with Crippen molar-refractivity contribution < 1.29 is 13.2 Å². The Balaban J connectivity index is 5.15. The highest BCUT2D eigenvalue weighted by atomic mass is 19.2. The summed E-state index contributed by atoms with van der Waals surface area (Å²) in [6.45, 7) is 35.8. The van der Waals surface area contributed by atoms with Crippen molar-refractivity contribution in [2.75, 3.05) is 0 Å². The standard InChI is InChI=1S/C33H43F3/c1-13-22(4)14-15-23(5)24(6)16-17-25(7)28(10)20-31(34)29(11)26(8)18-19-27(9)30(12)33(36)32(35)21(2)3/h13,17-20,22-24H,1-2,8-12,14-16H2,3-7H3/b19-18-,25-17+,31-20+,33-32-. The van der Waals surface area contributed by atoms with Gasteiger partial charge in [-0.3, -0.25) is 0 Å². The Bertz CT molecular complexity index is 1020. The Hall–Kier alpha value is -3.07. The SMILES string of the molecule is C=CC(C)CCC(C)C(C)C/C=C(\C)C(=C)/C=C(/F)C(=C)C(=C)/C=C\C(=C)C(=C)/C(F)=C(/F)C(=C)C. The molecule has 0 aromatic carbocycles. The predicted octanol–water partition coefficient (Wildman–Crippen LogP) is 11.1. The Morgan fingerprint density at radius 2 is 1.25 bits per heavy atom. The first kappa shape index (κ1) is 32.9. The van der Waals surface area contributed by atoms with Gasteiger partial charge in [-0.25, -0.2) is 13.2 Å². The van der Waals surface area contributed by atoms with E-state index < -0.39 is 17.5 Å². The summed E-state index contributed by atoms with van der Waals surface area (Å²) in [4.78, 5) is 0. The maximum absolute atomic E-state index is 14.8. The Morgan fingerprint density at radius 3 is 1.75 bits per heavy atom. The van der Waals surface area contributed by atoms with Crippen LogP contribution in [-0.4, -0.2) is 0 Å². The first-order valence-electron chi connectivity index (χ1n) is 12.2. The number of hydrogen-bond donors (Lipinski definition) is 0. The van der Waals surface area contributed by atoms with Crippen LogP contribution in [0.1, 0.15) is 53.9 Å². The predicted molar refractivity (Wildman–Crippen MR) is 153 cm³/mol. The molecule has 3 unspecified atom stereocenters. The van der Waals surface area contributed by atoms with Crippen LogP contribution in [0.4, 0.5) is 13.2 Å². The lowest BCUT2D eigenvalue weighted by Crippen LogP contribution is -2.08. The van der Waals surface area contributed by atoms with Crippen molar-refractivity contribution in [1.29, 1.82) is 0 Å². The van der Waals surface area contributed by atoms with Gasteiger partial charge in [-0.15, -0.1) is 6.58 Å². The van der Waals surface area contributed by atoms with Crippen LogP contribution in [0.25, 0.3) is 0 Å². The van der Waals surface area contributed by atoms with Crippen LogP contribution in [0.2, 0.25) is 0 Å². The van der Waals surface area contributed by atoms with Gasteiger partial charge in [0.2, 0.25) is 0 Å². The van der Waals surface area contributed by atoms with E-state index in [2.05, 4.69) is 72.9 Å². The fourth-order valence-electron chi connectivity index (χ4n) is 3.02. The number of hydrogen-bond acceptors (Lipinski definition) is 0.